The molecule has 0 spiro atoms. The summed E-state index contributed by atoms with van der Waals surface area (Å²) in [5, 5.41) is 8.32. The Hall–Kier alpha value is -3.29. The van der Waals surface area contributed by atoms with Crippen molar-refractivity contribution in [3.8, 4) is 0 Å². The van der Waals surface area contributed by atoms with Crippen molar-refractivity contribution in [1.29, 1.82) is 0 Å². The van der Waals surface area contributed by atoms with Gasteiger partial charge in [-0.15, -0.1) is 0 Å². The van der Waals surface area contributed by atoms with Crippen LogP contribution in [0.4, 0.5) is 4.39 Å². The third-order valence-electron chi connectivity index (χ3n) is 5.12. The molecule has 1 aliphatic heterocycles. The third kappa shape index (κ3) is 3.45. The number of hydrogen-bond donors (Lipinski definition) is 1. The summed E-state index contributed by atoms with van der Waals surface area (Å²) in [7, 11) is 1.32. The zero-order chi connectivity index (χ0) is 19.7. The Morgan fingerprint density at radius 2 is 1.93 bits per heavy atom. The molecule has 0 aliphatic carbocycles. The first kappa shape index (κ1) is 18.1. The molecule has 8 heteroatoms. The smallest absolute Gasteiger partial charge is 0.358 e. The van der Waals surface area contributed by atoms with Crippen molar-refractivity contribution in [2.45, 2.75) is 18.8 Å². The van der Waals surface area contributed by atoms with Crippen molar-refractivity contribution in [1.82, 2.24) is 20.1 Å². The Morgan fingerprint density at radius 1 is 1.14 bits per heavy atom. The van der Waals surface area contributed by atoms with E-state index >= 15 is 0 Å². The zero-order valence-corrected chi connectivity index (χ0v) is 15.3. The Balaban J connectivity index is 1.43. The number of piperidine rings is 1. The predicted octanol–water partition coefficient (Wildman–Crippen LogP) is 2.90. The monoisotopic (exact) mass is 382 g/mol. The number of ether oxygens (including phenoxy) is 1. The molecule has 1 saturated heterocycles. The first-order chi connectivity index (χ1) is 13.5. The lowest BCUT2D eigenvalue weighted by molar-refractivity contribution is 0.0593. The molecule has 1 aromatic carbocycles. The molecule has 28 heavy (non-hydrogen) atoms. The van der Waals surface area contributed by atoms with Crippen LogP contribution in [0.1, 0.15) is 45.4 Å². The third-order valence-corrected chi connectivity index (χ3v) is 5.12. The molecular weight excluding hydrogens is 363 g/mol. The van der Waals surface area contributed by atoms with Gasteiger partial charge in [0.2, 0.25) is 0 Å². The normalized spacial score (nSPS) is 15.0. The SMILES string of the molecule is COC(=O)c1cc(C2CCN(C(=O)c3cc4ccc(F)cc4cn3)CC2)[nH]n1. The number of hydrogen-bond acceptors (Lipinski definition) is 5. The first-order valence-corrected chi connectivity index (χ1v) is 9.03. The van der Waals surface area contributed by atoms with Crippen molar-refractivity contribution in [2.75, 3.05) is 20.2 Å². The van der Waals surface area contributed by atoms with Crippen LogP contribution in [-0.4, -0.2) is 52.2 Å². The van der Waals surface area contributed by atoms with Crippen LogP contribution in [0.5, 0.6) is 0 Å². The van der Waals surface area contributed by atoms with E-state index in [1.165, 1.54) is 25.4 Å². The van der Waals surface area contributed by atoms with Gasteiger partial charge in [-0.3, -0.25) is 14.9 Å². The fourth-order valence-electron chi connectivity index (χ4n) is 3.54. The van der Waals surface area contributed by atoms with E-state index in [1.54, 1.807) is 23.1 Å². The van der Waals surface area contributed by atoms with Crippen LogP contribution in [0.15, 0.2) is 36.5 Å². The van der Waals surface area contributed by atoms with Gasteiger partial charge in [0.15, 0.2) is 5.69 Å². The minimum atomic E-state index is -0.475. The van der Waals surface area contributed by atoms with Gasteiger partial charge in [-0.1, -0.05) is 6.07 Å². The summed E-state index contributed by atoms with van der Waals surface area (Å²) in [6, 6.07) is 7.81. The number of fused-ring (bicyclic) bond motifs is 1. The van der Waals surface area contributed by atoms with Crippen LogP contribution in [-0.2, 0) is 4.74 Å². The Morgan fingerprint density at radius 3 is 2.68 bits per heavy atom. The molecule has 4 rings (SSSR count). The minimum Gasteiger partial charge on any atom is -0.464 e. The second kappa shape index (κ2) is 7.38. The number of H-pyrrole nitrogens is 1. The molecule has 1 aliphatic rings. The van der Waals surface area contributed by atoms with Crippen molar-refractivity contribution in [2.24, 2.45) is 0 Å². The molecule has 0 radical (unpaired) electrons. The average Bonchev–Trinajstić information content (AvgIpc) is 3.22. The molecule has 0 atom stereocenters. The summed E-state index contributed by atoms with van der Waals surface area (Å²) in [5.74, 6) is -0.742. The van der Waals surface area contributed by atoms with E-state index in [0.29, 0.717) is 24.2 Å². The summed E-state index contributed by atoms with van der Waals surface area (Å²) in [5.41, 5.74) is 1.48. The molecular formula is C20H19FN4O3. The molecule has 3 aromatic rings. The molecule has 1 N–H and O–H groups in total. The fraction of sp³-hybridized carbons (Fsp3) is 0.300. The highest BCUT2D eigenvalue weighted by Crippen LogP contribution is 2.28. The summed E-state index contributed by atoms with van der Waals surface area (Å²) in [4.78, 5) is 30.3. The maximum atomic E-state index is 13.3. The average molecular weight is 382 g/mol. The summed E-state index contributed by atoms with van der Waals surface area (Å²) >= 11 is 0. The van der Waals surface area contributed by atoms with Crippen molar-refractivity contribution in [3.05, 3.63) is 59.4 Å². The Bertz CT molecular complexity index is 1040. The molecule has 0 bridgehead atoms. The van der Waals surface area contributed by atoms with Crippen LogP contribution >= 0.6 is 0 Å². The molecule has 0 unspecified atom stereocenters. The van der Waals surface area contributed by atoms with Crippen LogP contribution in [0.25, 0.3) is 10.8 Å². The van der Waals surface area contributed by atoms with Crippen molar-refractivity contribution >= 4 is 22.6 Å². The topological polar surface area (TPSA) is 88.2 Å². The predicted molar refractivity (Wildman–Crippen MR) is 99.5 cm³/mol. The second-order valence-electron chi connectivity index (χ2n) is 6.83. The molecule has 0 saturated carbocycles. The quantitative estimate of drug-likeness (QED) is 0.704. The van der Waals surface area contributed by atoms with Gasteiger partial charge >= 0.3 is 5.97 Å². The van der Waals surface area contributed by atoms with E-state index in [4.69, 9.17) is 0 Å². The molecule has 144 valence electrons. The van der Waals surface area contributed by atoms with Crippen LogP contribution in [0, 0.1) is 5.82 Å². The van der Waals surface area contributed by atoms with Gasteiger partial charge in [-0.05, 0) is 42.5 Å². The number of halogens is 1. The number of esters is 1. The molecule has 2 aromatic heterocycles. The number of methoxy groups -OCH3 is 1. The van der Waals surface area contributed by atoms with Gasteiger partial charge in [0.1, 0.15) is 11.5 Å². The number of benzene rings is 1. The number of nitrogens with one attached hydrogen (secondary N) is 1. The van der Waals surface area contributed by atoms with Crippen LogP contribution < -0.4 is 0 Å². The number of carbonyl (C=O) groups is 2. The van der Waals surface area contributed by atoms with Gasteiger partial charge in [0.25, 0.3) is 5.91 Å². The number of aromatic amines is 1. The number of pyridine rings is 1. The highest BCUT2D eigenvalue weighted by atomic mass is 19.1. The summed E-state index contributed by atoms with van der Waals surface area (Å²) in [6.45, 7) is 1.17. The molecule has 7 nitrogen and oxygen atoms in total. The standard InChI is InChI=1S/C20H19FN4O3/c1-28-20(27)18-10-16(23-24-18)12-4-6-25(7-5-12)19(26)17-9-13-2-3-15(21)8-14(13)11-22-17/h2-3,8-12H,4-7H2,1H3,(H,23,24). The first-order valence-electron chi connectivity index (χ1n) is 9.03. The maximum absolute atomic E-state index is 13.3. The fourth-order valence-corrected chi connectivity index (χ4v) is 3.54. The lowest BCUT2D eigenvalue weighted by Gasteiger charge is -2.31. The van der Waals surface area contributed by atoms with Gasteiger partial charge in [0.05, 0.1) is 7.11 Å². The Kier molecular flexibility index (Phi) is 4.77. The summed E-state index contributed by atoms with van der Waals surface area (Å²) < 4.78 is 18.0. The van der Waals surface area contributed by atoms with Crippen molar-refractivity contribution < 1.29 is 18.7 Å². The Labute approximate surface area is 160 Å². The number of rotatable bonds is 3. The van der Waals surface area contributed by atoms with E-state index in [2.05, 4.69) is 19.9 Å². The number of carbonyl (C=O) groups excluding carboxylic acids is 2. The molecule has 3 heterocycles. The second-order valence-corrected chi connectivity index (χ2v) is 6.83. The number of likely N-dealkylation sites (tertiary alicyclic amines) is 1. The van der Waals surface area contributed by atoms with Gasteiger partial charge in [0, 0.05) is 36.3 Å². The van der Waals surface area contributed by atoms with Crippen LogP contribution in [0.3, 0.4) is 0 Å². The van der Waals surface area contributed by atoms with Crippen molar-refractivity contribution in [3.63, 3.8) is 0 Å². The number of nitrogens with zero attached hydrogens (tertiary/aromatic N) is 3. The molecule has 1 fully saturated rings. The van der Waals surface area contributed by atoms with Gasteiger partial charge in [-0.2, -0.15) is 5.10 Å². The number of amides is 1. The van der Waals surface area contributed by atoms with Gasteiger partial charge in [-0.25, -0.2) is 9.18 Å². The van der Waals surface area contributed by atoms with E-state index in [0.717, 1.165) is 23.9 Å². The zero-order valence-electron chi connectivity index (χ0n) is 15.3. The highest BCUT2D eigenvalue weighted by molar-refractivity contribution is 5.96. The van der Waals surface area contributed by atoms with E-state index in [9.17, 15) is 14.0 Å². The minimum absolute atomic E-state index is 0.135. The van der Waals surface area contributed by atoms with E-state index < -0.39 is 5.97 Å². The van der Waals surface area contributed by atoms with Crippen LogP contribution in [0.2, 0.25) is 0 Å². The lowest BCUT2D eigenvalue weighted by Crippen LogP contribution is -2.38. The maximum Gasteiger partial charge on any atom is 0.358 e. The number of aromatic nitrogens is 3. The largest absolute Gasteiger partial charge is 0.464 e. The molecule has 1 amide bonds. The summed E-state index contributed by atoms with van der Waals surface area (Å²) in [6.07, 6.45) is 3.04. The highest BCUT2D eigenvalue weighted by Gasteiger charge is 2.27. The van der Waals surface area contributed by atoms with E-state index in [-0.39, 0.29) is 23.3 Å². The van der Waals surface area contributed by atoms with Gasteiger partial charge < -0.3 is 9.64 Å². The lowest BCUT2D eigenvalue weighted by atomic mass is 9.93. The van der Waals surface area contributed by atoms with E-state index in [1.807, 2.05) is 0 Å².